The molecule has 0 spiro atoms. The summed E-state index contributed by atoms with van der Waals surface area (Å²) in [4.78, 5) is 25.2. The van der Waals surface area contributed by atoms with Crippen LogP contribution in [0.4, 0.5) is 17.6 Å². The molecule has 8 N–H and O–H groups in total. The Morgan fingerprint density at radius 1 is 1.35 bits per heavy atom. The summed E-state index contributed by atoms with van der Waals surface area (Å²) in [5.74, 6) is 0.329. The molecular weight excluding hydrogens is 394 g/mol. The number of carbonyl (C=O) groups is 1. The summed E-state index contributed by atoms with van der Waals surface area (Å²) in [7, 11) is 1.90. The van der Waals surface area contributed by atoms with E-state index in [1.165, 1.54) is 12.3 Å². The lowest BCUT2D eigenvalue weighted by atomic mass is 9.92. The molecule has 168 valence electrons. The standard InChI is InChI=1S/C21H34N9O/c1-4-9-26-13-14(12-22)27-21-28-19(24)18(20(25)29-21)16(23)11-15-8-6-7-10-30(15,3)17(31)5-2/h5,12-13,15,23H,2,4,6-11,22H2,1,3H3,(H5,24,25,27,28,29)/q+1. The average molecular weight is 429 g/mol. The first-order valence-corrected chi connectivity index (χ1v) is 10.5. The van der Waals surface area contributed by atoms with Gasteiger partial charge in [0.05, 0.1) is 30.6 Å². The van der Waals surface area contributed by atoms with Gasteiger partial charge >= 0.3 is 5.91 Å². The van der Waals surface area contributed by atoms with Gasteiger partial charge in [-0.1, -0.05) is 13.5 Å². The molecule has 1 aromatic rings. The Morgan fingerprint density at radius 2 is 2.03 bits per heavy atom. The van der Waals surface area contributed by atoms with Gasteiger partial charge in [0.15, 0.2) is 0 Å². The van der Waals surface area contributed by atoms with Gasteiger partial charge in [0.25, 0.3) is 0 Å². The fraction of sp³-hybridized carbons (Fsp3) is 0.476. The molecule has 1 fully saturated rings. The zero-order valence-corrected chi connectivity index (χ0v) is 18.4. The second-order valence-electron chi connectivity index (χ2n) is 7.84. The Bertz CT molecular complexity index is 870. The highest BCUT2D eigenvalue weighted by Crippen LogP contribution is 2.30. The van der Waals surface area contributed by atoms with E-state index in [0.717, 1.165) is 32.2 Å². The quantitative estimate of drug-likeness (QED) is 0.227. The highest BCUT2D eigenvalue weighted by atomic mass is 16.2. The molecular formula is C21H34N9O+. The summed E-state index contributed by atoms with van der Waals surface area (Å²) < 4.78 is 0.230. The first kappa shape index (κ1) is 24.0. The van der Waals surface area contributed by atoms with Gasteiger partial charge in [-0.3, -0.25) is 9.48 Å². The van der Waals surface area contributed by atoms with Gasteiger partial charge in [0.1, 0.15) is 17.7 Å². The van der Waals surface area contributed by atoms with Gasteiger partial charge in [-0.25, -0.2) is 4.79 Å². The summed E-state index contributed by atoms with van der Waals surface area (Å²) in [6.07, 6.45) is 8.37. The number of hydrogen-bond donors (Lipinski definition) is 5. The lowest BCUT2D eigenvalue weighted by Gasteiger charge is -2.41. The third-order valence-corrected chi connectivity index (χ3v) is 5.62. The molecule has 2 atom stereocenters. The Kier molecular flexibility index (Phi) is 8.26. The predicted molar refractivity (Wildman–Crippen MR) is 126 cm³/mol. The Balaban J connectivity index is 2.22. The number of aromatic nitrogens is 2. The van der Waals surface area contributed by atoms with E-state index in [2.05, 4.69) is 26.9 Å². The number of quaternary nitrogens is 1. The predicted octanol–water partition coefficient (Wildman–Crippen LogP) is 1.80. The molecule has 0 saturated carbocycles. The van der Waals surface area contributed by atoms with Crippen LogP contribution in [0, 0.1) is 5.41 Å². The summed E-state index contributed by atoms with van der Waals surface area (Å²) in [5.41, 5.74) is 18.9. The first-order chi connectivity index (χ1) is 14.8. The Morgan fingerprint density at radius 3 is 2.61 bits per heavy atom. The minimum Gasteiger partial charge on any atom is -0.403 e. The van der Waals surface area contributed by atoms with Crippen LogP contribution in [0.3, 0.4) is 0 Å². The maximum atomic E-state index is 12.5. The van der Waals surface area contributed by atoms with E-state index in [9.17, 15) is 4.79 Å². The van der Waals surface area contributed by atoms with Crippen molar-refractivity contribution in [2.24, 2.45) is 10.7 Å². The summed E-state index contributed by atoms with van der Waals surface area (Å²) in [5, 5.41) is 11.6. The van der Waals surface area contributed by atoms with Gasteiger partial charge in [-0.15, -0.1) is 0 Å². The third kappa shape index (κ3) is 5.66. The molecule has 2 heterocycles. The molecule has 1 saturated heterocycles. The summed E-state index contributed by atoms with van der Waals surface area (Å²) in [6.45, 7) is 7.06. The van der Waals surface area contributed by atoms with E-state index < -0.39 is 0 Å². The van der Waals surface area contributed by atoms with E-state index in [1.807, 2.05) is 14.0 Å². The average Bonchev–Trinajstić information content (AvgIpc) is 2.73. The van der Waals surface area contributed by atoms with Crippen molar-refractivity contribution in [2.45, 2.75) is 45.1 Å². The van der Waals surface area contributed by atoms with Crippen LogP contribution in [0.5, 0.6) is 0 Å². The monoisotopic (exact) mass is 428 g/mol. The number of amides is 1. The number of likely N-dealkylation sites (tertiary alicyclic amines) is 1. The van der Waals surface area contributed by atoms with Crippen molar-refractivity contribution in [3.63, 3.8) is 0 Å². The second kappa shape index (κ2) is 10.7. The number of carbonyl (C=O) groups excluding carboxylic acids is 1. The molecule has 31 heavy (non-hydrogen) atoms. The fourth-order valence-corrected chi connectivity index (χ4v) is 3.83. The number of likely N-dealkylation sites (N-methyl/N-ethyl adjacent to an activating group) is 1. The van der Waals surface area contributed by atoms with Gasteiger partial charge < -0.3 is 27.9 Å². The number of aliphatic imine (C=N–C) groups is 1. The zero-order chi connectivity index (χ0) is 23.0. The van der Waals surface area contributed by atoms with Crippen molar-refractivity contribution in [1.82, 2.24) is 9.97 Å². The number of rotatable bonds is 9. The van der Waals surface area contributed by atoms with E-state index in [0.29, 0.717) is 24.2 Å². The second-order valence-corrected chi connectivity index (χ2v) is 7.84. The van der Waals surface area contributed by atoms with Crippen LogP contribution in [0.25, 0.3) is 0 Å². The van der Waals surface area contributed by atoms with Crippen LogP contribution in [-0.4, -0.2) is 58.5 Å². The van der Waals surface area contributed by atoms with Crippen molar-refractivity contribution in [3.8, 4) is 0 Å². The van der Waals surface area contributed by atoms with Gasteiger partial charge in [0.2, 0.25) is 5.95 Å². The molecule has 0 radical (unpaired) electrons. The SMILES string of the molecule is C=CC(=O)[N+]1(C)CCCCC1CC(=N)c1c(N)nc(NC(C=NCCC)=CN)nc1N. The van der Waals surface area contributed by atoms with Gasteiger partial charge in [-0.2, -0.15) is 9.97 Å². The Labute approximate surface area is 183 Å². The largest absolute Gasteiger partial charge is 0.403 e. The lowest BCUT2D eigenvalue weighted by molar-refractivity contribution is -0.863. The molecule has 1 aliphatic heterocycles. The minimum absolute atomic E-state index is 0.0416. The molecule has 1 amide bonds. The normalized spacial score (nSPS) is 21.7. The van der Waals surface area contributed by atoms with Crippen molar-refractivity contribution >= 4 is 35.4 Å². The Hall–Kier alpha value is -3.27. The molecule has 0 aromatic carbocycles. The smallest absolute Gasteiger partial charge is 0.338 e. The van der Waals surface area contributed by atoms with Crippen LogP contribution in [0.2, 0.25) is 0 Å². The molecule has 2 unspecified atom stereocenters. The van der Waals surface area contributed by atoms with Crippen molar-refractivity contribution in [3.05, 3.63) is 30.1 Å². The van der Waals surface area contributed by atoms with Crippen molar-refractivity contribution in [2.75, 3.05) is 36.9 Å². The van der Waals surface area contributed by atoms with Gasteiger partial charge in [-0.05, 0) is 19.3 Å². The molecule has 2 rings (SSSR count). The maximum absolute atomic E-state index is 12.5. The van der Waals surface area contributed by atoms with E-state index in [1.54, 1.807) is 6.21 Å². The van der Waals surface area contributed by atoms with Crippen LogP contribution in [0.15, 0.2) is 29.5 Å². The minimum atomic E-state index is -0.0510. The van der Waals surface area contributed by atoms with E-state index in [4.69, 9.17) is 22.6 Å². The molecule has 10 heteroatoms. The fourth-order valence-electron chi connectivity index (χ4n) is 3.83. The van der Waals surface area contributed by atoms with Crippen molar-refractivity contribution < 1.29 is 9.28 Å². The highest BCUT2D eigenvalue weighted by Gasteiger charge is 2.41. The van der Waals surface area contributed by atoms with Gasteiger partial charge in [0, 0.05) is 37.9 Å². The van der Waals surface area contributed by atoms with Crippen molar-refractivity contribution in [1.29, 1.82) is 5.41 Å². The third-order valence-electron chi connectivity index (χ3n) is 5.62. The first-order valence-electron chi connectivity index (χ1n) is 10.5. The highest BCUT2D eigenvalue weighted by molar-refractivity contribution is 6.06. The number of nitrogen functional groups attached to an aromatic ring is 2. The maximum Gasteiger partial charge on any atom is 0.338 e. The number of nitrogens with zero attached hydrogens (tertiary/aromatic N) is 4. The van der Waals surface area contributed by atoms with E-state index in [-0.39, 0.29) is 39.7 Å². The molecule has 0 aliphatic carbocycles. The number of allylic oxidation sites excluding steroid dienone is 1. The number of hydrogen-bond acceptors (Lipinski definition) is 9. The van der Waals surface area contributed by atoms with Crippen LogP contribution < -0.4 is 22.5 Å². The number of nitrogens with two attached hydrogens (primary N) is 3. The lowest BCUT2D eigenvalue weighted by Crippen LogP contribution is -2.58. The topological polar surface area (TPSA) is 169 Å². The number of piperidine rings is 1. The zero-order valence-electron chi connectivity index (χ0n) is 18.4. The number of anilines is 3. The summed E-state index contributed by atoms with van der Waals surface area (Å²) in [6, 6.07) is -0.0510. The van der Waals surface area contributed by atoms with Crippen LogP contribution in [0.1, 0.15) is 44.6 Å². The summed E-state index contributed by atoms with van der Waals surface area (Å²) >= 11 is 0. The van der Waals surface area contributed by atoms with Crippen LogP contribution >= 0.6 is 0 Å². The van der Waals surface area contributed by atoms with Crippen LogP contribution in [-0.2, 0) is 4.79 Å². The molecule has 1 aliphatic rings. The molecule has 10 nitrogen and oxygen atoms in total. The molecule has 0 bridgehead atoms. The number of nitrogens with one attached hydrogen (secondary N) is 2. The molecule has 1 aromatic heterocycles. The van der Waals surface area contributed by atoms with E-state index >= 15 is 0 Å².